The summed E-state index contributed by atoms with van der Waals surface area (Å²) in [7, 11) is 0. The second kappa shape index (κ2) is 6.00. The molecule has 3 fully saturated rings. The van der Waals surface area contributed by atoms with Gasteiger partial charge in [0.05, 0.1) is 5.41 Å². The SMILES string of the molecule is O=C(NCc1ccnc(-n2cccn2)c1)NC1CC2(C(F)(F)F)CC1C2. The molecule has 0 aliphatic heterocycles. The van der Waals surface area contributed by atoms with Crippen molar-refractivity contribution >= 4 is 6.03 Å². The highest BCUT2D eigenvalue weighted by Gasteiger charge is 2.68. The fourth-order valence-electron chi connectivity index (χ4n) is 4.00. The zero-order valence-corrected chi connectivity index (χ0v) is 13.8. The number of pyridine rings is 1. The third-order valence-corrected chi connectivity index (χ3v) is 5.41. The summed E-state index contributed by atoms with van der Waals surface area (Å²) in [5, 5.41) is 9.49. The molecule has 0 radical (unpaired) electrons. The summed E-state index contributed by atoms with van der Waals surface area (Å²) in [4.78, 5) is 16.3. The van der Waals surface area contributed by atoms with Crippen LogP contribution in [0.2, 0.25) is 0 Å². The van der Waals surface area contributed by atoms with Gasteiger partial charge in [0, 0.05) is 31.2 Å². The molecule has 3 aliphatic rings. The van der Waals surface area contributed by atoms with Crippen molar-refractivity contribution < 1.29 is 18.0 Å². The molecule has 2 aromatic heterocycles. The number of alkyl halides is 3. The highest BCUT2D eigenvalue weighted by molar-refractivity contribution is 5.74. The number of nitrogens with zero attached hydrogens (tertiary/aromatic N) is 3. The van der Waals surface area contributed by atoms with Gasteiger partial charge in [-0.15, -0.1) is 0 Å². The first-order chi connectivity index (χ1) is 12.4. The Kier molecular flexibility index (Phi) is 3.89. The Morgan fingerprint density at radius 3 is 2.77 bits per heavy atom. The number of fused-ring (bicyclic) bond motifs is 1. The van der Waals surface area contributed by atoms with Crippen molar-refractivity contribution in [2.24, 2.45) is 11.3 Å². The van der Waals surface area contributed by atoms with Crippen LogP contribution in [0.4, 0.5) is 18.0 Å². The van der Waals surface area contributed by atoms with Crippen LogP contribution in [-0.2, 0) is 6.54 Å². The van der Waals surface area contributed by atoms with E-state index in [0.717, 1.165) is 5.56 Å². The predicted octanol–water partition coefficient (Wildman–Crippen LogP) is 2.80. The van der Waals surface area contributed by atoms with E-state index in [0.29, 0.717) is 5.82 Å². The maximum absolute atomic E-state index is 13.1. The molecule has 3 saturated carbocycles. The Hall–Kier alpha value is -2.58. The minimum atomic E-state index is -4.18. The average molecular weight is 365 g/mol. The third kappa shape index (κ3) is 2.91. The highest BCUT2D eigenvalue weighted by Crippen LogP contribution is 2.65. The molecular weight excluding hydrogens is 347 g/mol. The van der Waals surface area contributed by atoms with E-state index in [1.165, 1.54) is 0 Å². The Labute approximate surface area is 147 Å². The fraction of sp³-hybridized carbons (Fsp3) is 0.471. The summed E-state index contributed by atoms with van der Waals surface area (Å²) >= 11 is 0. The fourth-order valence-corrected chi connectivity index (χ4v) is 4.00. The Balaban J connectivity index is 1.31. The van der Waals surface area contributed by atoms with Crippen LogP contribution in [-0.4, -0.2) is 33.0 Å². The molecular formula is C17H18F3N5O. The second-order valence-electron chi connectivity index (χ2n) is 7.06. The van der Waals surface area contributed by atoms with Crippen LogP contribution in [0.5, 0.6) is 0 Å². The van der Waals surface area contributed by atoms with E-state index in [9.17, 15) is 18.0 Å². The zero-order valence-electron chi connectivity index (χ0n) is 13.8. The summed E-state index contributed by atoms with van der Waals surface area (Å²) in [5.74, 6) is 0.549. The van der Waals surface area contributed by atoms with Gasteiger partial charge in [0.2, 0.25) is 0 Å². The number of aromatic nitrogens is 3. The maximum Gasteiger partial charge on any atom is 0.394 e. The molecule has 1 atom stereocenters. The first-order valence-corrected chi connectivity index (χ1v) is 8.42. The largest absolute Gasteiger partial charge is 0.394 e. The molecule has 2 aromatic rings. The number of carbonyl (C=O) groups is 1. The van der Waals surface area contributed by atoms with Crippen LogP contribution < -0.4 is 10.6 Å². The summed E-state index contributed by atoms with van der Waals surface area (Å²) in [6, 6.07) is 4.48. The summed E-state index contributed by atoms with van der Waals surface area (Å²) in [5.41, 5.74) is -0.762. The van der Waals surface area contributed by atoms with Crippen LogP contribution in [0, 0.1) is 11.3 Å². The second-order valence-corrected chi connectivity index (χ2v) is 7.06. The third-order valence-electron chi connectivity index (χ3n) is 5.41. The predicted molar refractivity (Wildman–Crippen MR) is 86.3 cm³/mol. The molecule has 5 rings (SSSR count). The highest BCUT2D eigenvalue weighted by atomic mass is 19.4. The molecule has 0 saturated heterocycles. The lowest BCUT2D eigenvalue weighted by molar-refractivity contribution is -0.244. The Bertz CT molecular complexity index is 799. The van der Waals surface area contributed by atoms with Gasteiger partial charge in [-0.05, 0) is 48.9 Å². The molecule has 2 N–H and O–H groups in total. The average Bonchev–Trinajstić information content (AvgIpc) is 3.26. The van der Waals surface area contributed by atoms with Gasteiger partial charge in [-0.2, -0.15) is 18.3 Å². The van der Waals surface area contributed by atoms with E-state index in [4.69, 9.17) is 0 Å². The van der Waals surface area contributed by atoms with Gasteiger partial charge in [0.15, 0.2) is 5.82 Å². The van der Waals surface area contributed by atoms with Crippen LogP contribution in [0.3, 0.4) is 0 Å². The number of carbonyl (C=O) groups excluding carboxylic acids is 1. The molecule has 138 valence electrons. The summed E-state index contributed by atoms with van der Waals surface area (Å²) in [6.45, 7) is 0.254. The van der Waals surface area contributed by atoms with Gasteiger partial charge in [0.1, 0.15) is 0 Å². The molecule has 3 aliphatic carbocycles. The van der Waals surface area contributed by atoms with Crippen molar-refractivity contribution in [1.82, 2.24) is 25.4 Å². The number of urea groups is 1. The van der Waals surface area contributed by atoms with Crippen LogP contribution in [0.25, 0.3) is 5.82 Å². The van der Waals surface area contributed by atoms with Crippen molar-refractivity contribution in [3.63, 3.8) is 0 Å². The lowest BCUT2D eigenvalue weighted by Crippen LogP contribution is -2.44. The van der Waals surface area contributed by atoms with E-state index in [1.807, 2.05) is 0 Å². The van der Waals surface area contributed by atoms with Crippen molar-refractivity contribution in [2.75, 3.05) is 0 Å². The van der Waals surface area contributed by atoms with E-state index >= 15 is 0 Å². The molecule has 6 nitrogen and oxygen atoms in total. The minimum Gasteiger partial charge on any atom is -0.335 e. The summed E-state index contributed by atoms with van der Waals surface area (Å²) in [6.07, 6.45) is 1.06. The number of rotatable bonds is 4. The molecule has 2 heterocycles. The molecule has 26 heavy (non-hydrogen) atoms. The standard InChI is InChI=1S/C17H18F3N5O/c18-17(19,20)16-7-12(8-16)13(9-16)24-15(26)22-10-11-2-4-21-14(6-11)25-5-1-3-23-25/h1-6,12-13H,7-10H2,(H2,22,24,26). The Morgan fingerprint density at radius 1 is 1.31 bits per heavy atom. The maximum atomic E-state index is 13.1. The van der Waals surface area contributed by atoms with Gasteiger partial charge in [-0.1, -0.05) is 0 Å². The number of nitrogens with one attached hydrogen (secondary N) is 2. The van der Waals surface area contributed by atoms with E-state index in [-0.39, 0.29) is 31.7 Å². The van der Waals surface area contributed by atoms with Gasteiger partial charge >= 0.3 is 12.2 Å². The normalized spacial score (nSPS) is 27.0. The van der Waals surface area contributed by atoms with Crippen molar-refractivity contribution in [2.45, 2.75) is 38.0 Å². The molecule has 1 unspecified atom stereocenters. The number of hydrogen-bond donors (Lipinski definition) is 2. The van der Waals surface area contributed by atoms with Crippen molar-refractivity contribution in [3.8, 4) is 5.82 Å². The van der Waals surface area contributed by atoms with Crippen molar-refractivity contribution in [1.29, 1.82) is 0 Å². The quantitative estimate of drug-likeness (QED) is 0.875. The van der Waals surface area contributed by atoms with Gasteiger partial charge in [-0.3, -0.25) is 0 Å². The van der Waals surface area contributed by atoms with E-state index in [1.54, 1.807) is 41.5 Å². The smallest absolute Gasteiger partial charge is 0.335 e. The van der Waals surface area contributed by atoms with Crippen molar-refractivity contribution in [3.05, 3.63) is 42.4 Å². The van der Waals surface area contributed by atoms with E-state index in [2.05, 4.69) is 20.7 Å². The van der Waals surface area contributed by atoms with Crippen LogP contribution in [0.15, 0.2) is 36.8 Å². The number of halogens is 3. The minimum absolute atomic E-state index is 0.0205. The molecule has 0 aromatic carbocycles. The number of hydrogen-bond acceptors (Lipinski definition) is 3. The first-order valence-electron chi connectivity index (χ1n) is 8.42. The van der Waals surface area contributed by atoms with Crippen LogP contribution in [0.1, 0.15) is 24.8 Å². The van der Waals surface area contributed by atoms with Crippen LogP contribution >= 0.6 is 0 Å². The molecule has 0 spiro atoms. The Morgan fingerprint density at radius 2 is 2.12 bits per heavy atom. The lowest BCUT2D eigenvalue weighted by atomic mass is 9.69. The summed E-state index contributed by atoms with van der Waals surface area (Å²) < 4.78 is 40.8. The molecule has 2 amide bonds. The molecule has 9 heteroatoms. The lowest BCUT2D eigenvalue weighted by Gasteiger charge is -2.39. The van der Waals surface area contributed by atoms with E-state index < -0.39 is 23.7 Å². The zero-order chi connectivity index (χ0) is 18.4. The first kappa shape index (κ1) is 16.9. The topological polar surface area (TPSA) is 71.8 Å². The molecule has 2 bridgehead atoms. The van der Waals surface area contributed by atoms with Gasteiger partial charge in [0.25, 0.3) is 0 Å². The van der Waals surface area contributed by atoms with Gasteiger partial charge in [-0.25, -0.2) is 14.5 Å². The number of amides is 2. The monoisotopic (exact) mass is 365 g/mol. The van der Waals surface area contributed by atoms with Gasteiger partial charge < -0.3 is 10.6 Å².